The van der Waals surface area contributed by atoms with E-state index in [1.165, 1.54) is 11.1 Å². The van der Waals surface area contributed by atoms with E-state index >= 15 is 0 Å². The Hall–Kier alpha value is -1.31. The third-order valence-electron chi connectivity index (χ3n) is 2.96. The molecule has 0 unspecified atom stereocenters. The van der Waals surface area contributed by atoms with Gasteiger partial charge in [0.05, 0.1) is 0 Å². The summed E-state index contributed by atoms with van der Waals surface area (Å²) in [5.41, 5.74) is 2.71. The molecule has 0 aliphatic carbocycles. The van der Waals surface area contributed by atoms with Crippen LogP contribution in [0.3, 0.4) is 0 Å². The number of carbonyl (C=O) groups excluding carboxylic acids is 1. The molecule has 0 aliphatic heterocycles. The standard InChI is InChI=1S/C18H31NO/c1-7-9-18(20)19(14-16(4)5)13-12-17(6)11-8-10-15(2)3/h7,9-10,12,16H,8,11,13-14H2,1-6H3/b9-7+,17-12+. The lowest BCUT2D eigenvalue weighted by atomic mass is 10.1. The van der Waals surface area contributed by atoms with Gasteiger partial charge in [-0.05, 0) is 52.5 Å². The molecule has 0 radical (unpaired) electrons. The number of allylic oxidation sites excluding steroid dienone is 4. The zero-order valence-corrected chi connectivity index (χ0v) is 14.1. The number of nitrogens with zero attached hydrogens (tertiary/aromatic N) is 1. The maximum Gasteiger partial charge on any atom is 0.246 e. The highest BCUT2D eigenvalue weighted by molar-refractivity contribution is 5.87. The molecule has 0 heterocycles. The number of amides is 1. The molecule has 114 valence electrons. The lowest BCUT2D eigenvalue weighted by Crippen LogP contribution is -2.33. The van der Waals surface area contributed by atoms with Crippen molar-refractivity contribution in [2.75, 3.05) is 13.1 Å². The molecular formula is C18H31NO. The molecule has 0 aromatic heterocycles. The molecule has 0 rings (SSSR count). The zero-order chi connectivity index (χ0) is 15.5. The van der Waals surface area contributed by atoms with E-state index in [4.69, 9.17) is 0 Å². The highest BCUT2D eigenvalue weighted by Gasteiger charge is 2.10. The molecule has 0 N–H and O–H groups in total. The minimum Gasteiger partial charge on any atom is -0.335 e. The smallest absolute Gasteiger partial charge is 0.246 e. The van der Waals surface area contributed by atoms with E-state index in [1.807, 2.05) is 11.8 Å². The van der Waals surface area contributed by atoms with Crippen molar-refractivity contribution >= 4 is 5.91 Å². The first-order valence-corrected chi connectivity index (χ1v) is 7.57. The molecular weight excluding hydrogens is 246 g/mol. The molecule has 0 atom stereocenters. The number of hydrogen-bond donors (Lipinski definition) is 0. The predicted molar refractivity (Wildman–Crippen MR) is 88.7 cm³/mol. The summed E-state index contributed by atoms with van der Waals surface area (Å²) in [4.78, 5) is 13.9. The maximum atomic E-state index is 12.0. The monoisotopic (exact) mass is 277 g/mol. The van der Waals surface area contributed by atoms with E-state index in [9.17, 15) is 4.79 Å². The molecule has 0 spiro atoms. The summed E-state index contributed by atoms with van der Waals surface area (Å²) in [6.07, 6.45) is 10.0. The average molecular weight is 277 g/mol. The first-order chi connectivity index (χ1) is 9.36. The molecule has 0 aliphatic rings. The Labute approximate surface area is 125 Å². The van der Waals surface area contributed by atoms with E-state index in [0.29, 0.717) is 12.5 Å². The minimum atomic E-state index is 0.106. The molecule has 0 aromatic carbocycles. The lowest BCUT2D eigenvalue weighted by molar-refractivity contribution is -0.126. The van der Waals surface area contributed by atoms with Gasteiger partial charge in [0, 0.05) is 13.1 Å². The van der Waals surface area contributed by atoms with E-state index in [1.54, 1.807) is 12.2 Å². The second kappa shape index (κ2) is 10.5. The predicted octanol–water partition coefficient (Wildman–Crippen LogP) is 4.74. The van der Waals surface area contributed by atoms with Crippen molar-refractivity contribution in [2.45, 2.75) is 54.4 Å². The summed E-state index contributed by atoms with van der Waals surface area (Å²) in [7, 11) is 0. The summed E-state index contributed by atoms with van der Waals surface area (Å²) < 4.78 is 0. The van der Waals surface area contributed by atoms with Crippen molar-refractivity contribution in [3.63, 3.8) is 0 Å². The Morgan fingerprint density at radius 1 is 1.15 bits per heavy atom. The van der Waals surface area contributed by atoms with Crippen molar-refractivity contribution in [1.82, 2.24) is 4.90 Å². The first-order valence-electron chi connectivity index (χ1n) is 7.57. The fraction of sp³-hybridized carbons (Fsp3) is 0.611. The third-order valence-corrected chi connectivity index (χ3v) is 2.96. The van der Waals surface area contributed by atoms with Crippen LogP contribution in [0.1, 0.15) is 54.4 Å². The summed E-state index contributed by atoms with van der Waals surface area (Å²) in [5.74, 6) is 0.595. The summed E-state index contributed by atoms with van der Waals surface area (Å²) >= 11 is 0. The minimum absolute atomic E-state index is 0.106. The van der Waals surface area contributed by atoms with Crippen LogP contribution in [0.25, 0.3) is 0 Å². The van der Waals surface area contributed by atoms with Crippen molar-refractivity contribution in [3.05, 3.63) is 35.5 Å². The Kier molecular flexibility index (Phi) is 9.79. The van der Waals surface area contributed by atoms with Gasteiger partial charge >= 0.3 is 0 Å². The van der Waals surface area contributed by atoms with Gasteiger partial charge in [-0.3, -0.25) is 4.79 Å². The summed E-state index contributed by atoms with van der Waals surface area (Å²) in [6.45, 7) is 14.1. The second-order valence-electron chi connectivity index (χ2n) is 6.01. The van der Waals surface area contributed by atoms with Crippen molar-refractivity contribution < 1.29 is 4.79 Å². The number of carbonyl (C=O) groups is 1. The maximum absolute atomic E-state index is 12.0. The molecule has 1 amide bonds. The quantitative estimate of drug-likeness (QED) is 0.463. The van der Waals surface area contributed by atoms with Gasteiger partial charge in [-0.25, -0.2) is 0 Å². The normalized spacial score (nSPS) is 12.1. The van der Waals surface area contributed by atoms with E-state index in [2.05, 4.69) is 46.8 Å². The van der Waals surface area contributed by atoms with Crippen molar-refractivity contribution in [3.8, 4) is 0 Å². The van der Waals surface area contributed by atoms with Crippen LogP contribution in [-0.4, -0.2) is 23.9 Å². The summed E-state index contributed by atoms with van der Waals surface area (Å²) in [5, 5.41) is 0. The van der Waals surface area contributed by atoms with Gasteiger partial charge in [-0.15, -0.1) is 0 Å². The SMILES string of the molecule is C/C=C/C(=O)N(C/C=C(\C)CCC=C(C)C)CC(C)C. The van der Waals surface area contributed by atoms with Gasteiger partial charge in [0.15, 0.2) is 0 Å². The Balaban J connectivity index is 4.49. The van der Waals surface area contributed by atoms with Gasteiger partial charge in [-0.1, -0.05) is 43.2 Å². The zero-order valence-electron chi connectivity index (χ0n) is 14.1. The largest absolute Gasteiger partial charge is 0.335 e. The Morgan fingerprint density at radius 2 is 1.80 bits per heavy atom. The van der Waals surface area contributed by atoms with Crippen molar-refractivity contribution in [1.29, 1.82) is 0 Å². The van der Waals surface area contributed by atoms with Gasteiger partial charge in [0.1, 0.15) is 0 Å². The fourth-order valence-corrected chi connectivity index (χ4v) is 1.90. The summed E-state index contributed by atoms with van der Waals surface area (Å²) in [6, 6.07) is 0. The fourth-order valence-electron chi connectivity index (χ4n) is 1.90. The number of rotatable bonds is 8. The third kappa shape index (κ3) is 9.60. The highest BCUT2D eigenvalue weighted by Crippen LogP contribution is 2.08. The molecule has 0 saturated heterocycles. The molecule has 20 heavy (non-hydrogen) atoms. The Morgan fingerprint density at radius 3 is 2.30 bits per heavy atom. The lowest BCUT2D eigenvalue weighted by Gasteiger charge is -2.22. The first kappa shape index (κ1) is 18.7. The van der Waals surface area contributed by atoms with Gasteiger partial charge in [0.25, 0.3) is 0 Å². The van der Waals surface area contributed by atoms with Gasteiger partial charge < -0.3 is 4.90 Å². The van der Waals surface area contributed by atoms with Crippen LogP contribution in [0.2, 0.25) is 0 Å². The van der Waals surface area contributed by atoms with Gasteiger partial charge in [-0.2, -0.15) is 0 Å². The Bertz CT molecular complexity index is 371. The van der Waals surface area contributed by atoms with Crippen LogP contribution in [0.15, 0.2) is 35.5 Å². The van der Waals surface area contributed by atoms with E-state index < -0.39 is 0 Å². The molecule has 2 heteroatoms. The van der Waals surface area contributed by atoms with Crippen LogP contribution in [0, 0.1) is 5.92 Å². The van der Waals surface area contributed by atoms with Crippen LogP contribution < -0.4 is 0 Å². The molecule has 0 saturated carbocycles. The number of hydrogen-bond acceptors (Lipinski definition) is 1. The van der Waals surface area contributed by atoms with Crippen molar-refractivity contribution in [2.24, 2.45) is 5.92 Å². The van der Waals surface area contributed by atoms with E-state index in [0.717, 1.165) is 19.4 Å². The van der Waals surface area contributed by atoms with Crippen LogP contribution in [0.5, 0.6) is 0 Å². The topological polar surface area (TPSA) is 20.3 Å². The van der Waals surface area contributed by atoms with Crippen LogP contribution in [0.4, 0.5) is 0 Å². The average Bonchev–Trinajstić information content (AvgIpc) is 2.33. The van der Waals surface area contributed by atoms with Crippen LogP contribution in [-0.2, 0) is 4.79 Å². The molecule has 2 nitrogen and oxygen atoms in total. The van der Waals surface area contributed by atoms with Gasteiger partial charge in [0.2, 0.25) is 5.91 Å². The van der Waals surface area contributed by atoms with E-state index in [-0.39, 0.29) is 5.91 Å². The molecule has 0 fully saturated rings. The molecule has 0 bridgehead atoms. The molecule has 0 aromatic rings. The van der Waals surface area contributed by atoms with Crippen LogP contribution >= 0.6 is 0 Å². The second-order valence-corrected chi connectivity index (χ2v) is 6.01. The highest BCUT2D eigenvalue weighted by atomic mass is 16.2.